The van der Waals surface area contributed by atoms with Gasteiger partial charge < -0.3 is 15.3 Å². The summed E-state index contributed by atoms with van der Waals surface area (Å²) in [6, 6.07) is 0. The van der Waals surface area contributed by atoms with Crippen molar-refractivity contribution in [3.63, 3.8) is 0 Å². The average Bonchev–Trinajstić information content (AvgIpc) is 1.62. The molecular formula is C3H8O3. The summed E-state index contributed by atoms with van der Waals surface area (Å²) in [6.45, 7) is -5.69. The smallest absolute Gasteiger partial charge is 0.100 e. The third-order valence-electron chi connectivity index (χ3n) is 0.237. The van der Waals surface area contributed by atoms with Crippen LogP contribution in [0.25, 0.3) is 0 Å². The molecule has 0 unspecified atom stereocenters. The van der Waals surface area contributed by atoms with E-state index in [1.807, 2.05) is 0 Å². The van der Waals surface area contributed by atoms with Gasteiger partial charge in [0.25, 0.3) is 0 Å². The molecule has 0 amide bonds. The molecule has 0 aliphatic rings. The Balaban J connectivity index is 4.40. The third-order valence-corrected chi connectivity index (χ3v) is 0.237. The Bertz CT molecular complexity index is 117. The quantitative estimate of drug-likeness (QED) is 0.362. The van der Waals surface area contributed by atoms with Crippen LogP contribution in [0.15, 0.2) is 0 Å². The lowest BCUT2D eigenvalue weighted by atomic mass is 11.0. The predicted molar refractivity (Wildman–Crippen MR) is 20.2 cm³/mol. The van der Waals surface area contributed by atoms with E-state index in [0.717, 1.165) is 0 Å². The van der Waals surface area contributed by atoms with Crippen molar-refractivity contribution in [2.24, 2.45) is 0 Å². The Kier molecular flexibility index (Phi) is 0.913. The normalized spacial score (nSPS) is 37.2. The monoisotopic (exact) mass is 98.1 g/mol. The number of hydrogen-bond acceptors (Lipinski definition) is 3. The minimum Gasteiger partial charge on any atom is -0.394 e. The Morgan fingerprint density at radius 3 is 2.33 bits per heavy atom. The average molecular weight is 98.1 g/mol. The number of rotatable bonds is 2. The van der Waals surface area contributed by atoms with Crippen molar-refractivity contribution in [2.45, 2.75) is 6.08 Å². The molecule has 0 radical (unpaired) electrons. The molecule has 0 aliphatic heterocycles. The van der Waals surface area contributed by atoms with E-state index in [9.17, 15) is 0 Å². The maximum absolute atomic E-state index is 8.53. The van der Waals surface area contributed by atoms with Gasteiger partial charge in [-0.2, -0.15) is 0 Å². The van der Waals surface area contributed by atoms with Gasteiger partial charge in [0.05, 0.1) is 18.6 Å². The van der Waals surface area contributed by atoms with Crippen LogP contribution in [-0.2, 0) is 0 Å². The highest BCUT2D eigenvalue weighted by molar-refractivity contribution is 4.43. The third kappa shape index (κ3) is 2.14. The maximum Gasteiger partial charge on any atom is 0.100 e. The largest absolute Gasteiger partial charge is 0.394 e. The number of aliphatic hydroxyl groups excluding tert-OH is 1. The zero-order valence-corrected chi connectivity index (χ0v) is 2.92. The maximum atomic E-state index is 8.53. The fourth-order valence-corrected chi connectivity index (χ4v) is 0.0289. The molecule has 0 rings (SSSR count). The van der Waals surface area contributed by atoms with E-state index in [-0.39, 0.29) is 0 Å². The SMILES string of the molecule is [2H][13C@@H](O)[13C@]([2H])(O)C([2H])([2H])O. The molecule has 0 aromatic heterocycles. The highest BCUT2D eigenvalue weighted by Gasteiger charge is 1.93. The molecule has 3 N–H and O–H groups in total. The van der Waals surface area contributed by atoms with Crippen molar-refractivity contribution in [1.82, 2.24) is 0 Å². The molecule has 3 nitrogen and oxygen atoms in total. The summed E-state index contributed by atoms with van der Waals surface area (Å²) in [5.41, 5.74) is 0. The Labute approximate surface area is 41.5 Å². The fourth-order valence-electron chi connectivity index (χ4n) is 0.0289. The first-order valence-corrected chi connectivity index (χ1v) is 1.24. The molecule has 0 fully saturated rings. The van der Waals surface area contributed by atoms with Crippen LogP contribution in [0.1, 0.15) is 5.48 Å². The van der Waals surface area contributed by atoms with Crippen LogP contribution in [0.3, 0.4) is 0 Å². The van der Waals surface area contributed by atoms with E-state index in [4.69, 9.17) is 20.8 Å². The van der Waals surface area contributed by atoms with Gasteiger partial charge in [0, 0.05) is 0 Å². The molecule has 0 aliphatic carbocycles. The van der Waals surface area contributed by atoms with Crippen LogP contribution in [-0.4, -0.2) is 34.5 Å². The molecule has 0 saturated carbocycles. The van der Waals surface area contributed by atoms with E-state index >= 15 is 0 Å². The van der Waals surface area contributed by atoms with E-state index in [2.05, 4.69) is 0 Å². The second kappa shape index (κ2) is 3.08. The Morgan fingerprint density at radius 2 is 2.33 bits per heavy atom. The van der Waals surface area contributed by atoms with E-state index < -0.39 is 19.2 Å². The van der Waals surface area contributed by atoms with Crippen molar-refractivity contribution < 1.29 is 20.8 Å². The van der Waals surface area contributed by atoms with Crippen LogP contribution in [0.2, 0.25) is 0 Å². The van der Waals surface area contributed by atoms with Crippen molar-refractivity contribution in [1.29, 1.82) is 0 Å². The van der Waals surface area contributed by atoms with Crippen LogP contribution < -0.4 is 0 Å². The first-order valence-electron chi connectivity index (χ1n) is 3.32. The van der Waals surface area contributed by atoms with Gasteiger partial charge in [-0.1, -0.05) is 0 Å². The van der Waals surface area contributed by atoms with Crippen LogP contribution in [0.4, 0.5) is 0 Å². The zero-order valence-electron chi connectivity index (χ0n) is 6.92. The molecule has 0 aromatic rings. The van der Waals surface area contributed by atoms with Gasteiger partial charge in [-0.05, 0) is 0 Å². The minimum atomic E-state index is -3.30. The van der Waals surface area contributed by atoms with Crippen molar-refractivity contribution in [3.05, 3.63) is 0 Å². The fraction of sp³-hybridized carbons (Fsp3) is 1.00. The van der Waals surface area contributed by atoms with Gasteiger partial charge in [-0.25, -0.2) is 0 Å². The zero-order chi connectivity index (χ0) is 8.58. The summed E-state index contributed by atoms with van der Waals surface area (Å²) in [6.07, 6.45) is -3.20. The molecule has 6 heavy (non-hydrogen) atoms. The van der Waals surface area contributed by atoms with Gasteiger partial charge in [0.2, 0.25) is 0 Å². The van der Waals surface area contributed by atoms with E-state index in [0.29, 0.717) is 0 Å². The Hall–Kier alpha value is -0.120. The molecule has 38 valence electrons. The summed E-state index contributed by atoms with van der Waals surface area (Å²) < 4.78 is 25.6. The summed E-state index contributed by atoms with van der Waals surface area (Å²) in [5.74, 6) is 0. The van der Waals surface area contributed by atoms with Gasteiger partial charge in [0.1, 0.15) is 6.08 Å². The lowest BCUT2D eigenvalue weighted by molar-refractivity contribution is 0.0450. The highest BCUT2D eigenvalue weighted by Crippen LogP contribution is 1.71. The van der Waals surface area contributed by atoms with Gasteiger partial charge >= 0.3 is 0 Å². The molecular weight excluding hydrogens is 86.0 g/mol. The number of aliphatic hydroxyl groups is 3. The number of hydrogen-bond donors (Lipinski definition) is 3. The van der Waals surface area contributed by atoms with Gasteiger partial charge in [-0.3, -0.25) is 0 Å². The first kappa shape index (κ1) is 1.78. The van der Waals surface area contributed by atoms with Crippen LogP contribution in [0, 0.1) is 0 Å². The van der Waals surface area contributed by atoms with Gasteiger partial charge in [-0.15, -0.1) is 0 Å². The molecule has 3 heteroatoms. The standard InChI is InChI=1S/C3H8O3/c4-1-3(6)2-5/h3-6H,1-2H2/i1D2,2+1D,3+1D/t2-,3-/m1/s1. The predicted octanol–water partition coefficient (Wildman–Crippen LogP) is -1.67. The second-order valence-corrected chi connectivity index (χ2v) is 0.626. The Morgan fingerprint density at radius 1 is 1.83 bits per heavy atom. The molecule has 0 saturated heterocycles. The van der Waals surface area contributed by atoms with Crippen molar-refractivity contribution in [2.75, 3.05) is 13.1 Å². The lowest BCUT2D eigenvalue weighted by Gasteiger charge is -1.96. The van der Waals surface area contributed by atoms with Crippen molar-refractivity contribution in [3.8, 4) is 0 Å². The molecule has 0 heterocycles. The highest BCUT2D eigenvalue weighted by atomic mass is 16.5. The summed E-state index contributed by atoms with van der Waals surface area (Å²) in [4.78, 5) is 0. The minimum absolute atomic E-state index is 2.40. The molecule has 0 spiro atoms. The van der Waals surface area contributed by atoms with Crippen molar-refractivity contribution >= 4 is 0 Å². The second-order valence-electron chi connectivity index (χ2n) is 0.626. The summed E-state index contributed by atoms with van der Waals surface area (Å²) in [7, 11) is 0. The van der Waals surface area contributed by atoms with E-state index in [1.165, 1.54) is 0 Å². The van der Waals surface area contributed by atoms with Crippen LogP contribution in [0.5, 0.6) is 0 Å². The van der Waals surface area contributed by atoms with E-state index in [1.54, 1.807) is 0 Å². The summed E-state index contributed by atoms with van der Waals surface area (Å²) in [5, 5.41) is 25.1. The lowest BCUT2D eigenvalue weighted by Crippen LogP contribution is -2.15. The molecule has 0 aromatic carbocycles. The van der Waals surface area contributed by atoms with Gasteiger partial charge in [0.15, 0.2) is 0 Å². The van der Waals surface area contributed by atoms with Crippen LogP contribution >= 0.6 is 0 Å². The molecule has 2 atom stereocenters. The topological polar surface area (TPSA) is 60.7 Å². The molecule has 0 bridgehead atoms. The first-order chi connectivity index (χ1) is 4.19. The summed E-state index contributed by atoms with van der Waals surface area (Å²) >= 11 is 0.